The van der Waals surface area contributed by atoms with Crippen molar-refractivity contribution in [3.8, 4) is 11.8 Å². The molecule has 37 heavy (non-hydrogen) atoms. The van der Waals surface area contributed by atoms with E-state index in [4.69, 9.17) is 9.47 Å². The molecule has 2 amide bonds. The van der Waals surface area contributed by atoms with Gasteiger partial charge < -0.3 is 19.7 Å². The lowest BCUT2D eigenvalue weighted by Crippen LogP contribution is -2.51. The molecule has 204 valence electrons. The van der Waals surface area contributed by atoms with Gasteiger partial charge in [-0.1, -0.05) is 24.0 Å². The van der Waals surface area contributed by atoms with E-state index >= 15 is 0 Å². The van der Waals surface area contributed by atoms with E-state index < -0.39 is 6.04 Å². The van der Waals surface area contributed by atoms with E-state index in [0.29, 0.717) is 44.6 Å². The predicted molar refractivity (Wildman–Crippen MR) is 143 cm³/mol. The van der Waals surface area contributed by atoms with Crippen LogP contribution in [0.25, 0.3) is 0 Å². The zero-order chi connectivity index (χ0) is 26.9. The number of carbonyl (C=O) groups is 3. The van der Waals surface area contributed by atoms with Crippen molar-refractivity contribution in [1.29, 1.82) is 0 Å². The van der Waals surface area contributed by atoms with E-state index in [9.17, 15) is 14.4 Å². The number of hydrogen-bond acceptors (Lipinski definition) is 8. The molecular weight excluding hydrogens is 472 g/mol. The van der Waals surface area contributed by atoms with Crippen LogP contribution < -0.4 is 10.6 Å². The molecule has 0 bridgehead atoms. The van der Waals surface area contributed by atoms with Gasteiger partial charge in [-0.25, -0.2) is 0 Å². The smallest absolute Gasteiger partial charge is 0.243 e. The van der Waals surface area contributed by atoms with Gasteiger partial charge in [0.05, 0.1) is 12.6 Å². The maximum atomic E-state index is 12.2. The number of nitrogens with one attached hydrogen (secondary N) is 2. The molecule has 1 fully saturated rings. The number of likely N-dealkylation sites (N-methyl/N-ethyl adjacent to an activating group) is 2. The predicted octanol–water partition coefficient (Wildman–Crippen LogP) is 1.44. The van der Waals surface area contributed by atoms with Crippen LogP contribution in [0.3, 0.4) is 0 Å². The van der Waals surface area contributed by atoms with Gasteiger partial charge in [0, 0.05) is 63.4 Å². The number of piperidine rings is 1. The first kappa shape index (κ1) is 30.6. The number of hydrogen-bond donors (Lipinski definition) is 2. The third kappa shape index (κ3) is 11.5. The van der Waals surface area contributed by atoms with E-state index in [1.165, 1.54) is 0 Å². The average molecular weight is 515 g/mol. The molecule has 1 unspecified atom stereocenters. The zero-order valence-electron chi connectivity index (χ0n) is 22.5. The summed E-state index contributed by atoms with van der Waals surface area (Å²) in [5, 5.41) is 5.49. The van der Waals surface area contributed by atoms with Crippen molar-refractivity contribution in [3.63, 3.8) is 0 Å². The van der Waals surface area contributed by atoms with Crippen LogP contribution in [0.1, 0.15) is 53.6 Å². The number of imide groups is 1. The normalized spacial score (nSPS) is 15.5. The van der Waals surface area contributed by atoms with Crippen molar-refractivity contribution in [2.24, 2.45) is 0 Å². The van der Waals surface area contributed by atoms with Crippen LogP contribution in [0.4, 0.5) is 0 Å². The summed E-state index contributed by atoms with van der Waals surface area (Å²) >= 11 is 0. The molecule has 1 heterocycles. The van der Waals surface area contributed by atoms with Gasteiger partial charge in [-0.2, -0.15) is 0 Å². The number of aldehydes is 1. The Morgan fingerprint density at radius 1 is 1.11 bits per heavy atom. The van der Waals surface area contributed by atoms with E-state index in [1.807, 2.05) is 38.2 Å². The van der Waals surface area contributed by atoms with Crippen molar-refractivity contribution in [2.45, 2.75) is 44.7 Å². The lowest BCUT2D eigenvalue weighted by molar-refractivity contribution is -0.137. The molecule has 0 aliphatic carbocycles. The molecule has 0 radical (unpaired) electrons. The molecule has 0 saturated carbocycles. The summed E-state index contributed by atoms with van der Waals surface area (Å²) < 4.78 is 11.2. The molecule has 0 spiro atoms. The Labute approximate surface area is 221 Å². The summed E-state index contributed by atoms with van der Waals surface area (Å²) in [6, 6.07) is 5.07. The van der Waals surface area contributed by atoms with Crippen molar-refractivity contribution >= 4 is 18.1 Å². The monoisotopic (exact) mass is 514 g/mol. The number of nitrogens with zero attached hydrogens (tertiary/aromatic N) is 2. The Bertz CT molecular complexity index is 927. The van der Waals surface area contributed by atoms with Crippen molar-refractivity contribution in [3.05, 3.63) is 34.9 Å². The molecule has 9 nitrogen and oxygen atoms in total. The van der Waals surface area contributed by atoms with Gasteiger partial charge in [0.2, 0.25) is 11.8 Å². The maximum Gasteiger partial charge on any atom is 0.243 e. The van der Waals surface area contributed by atoms with Crippen LogP contribution >= 0.6 is 0 Å². The van der Waals surface area contributed by atoms with Gasteiger partial charge in [0.1, 0.15) is 6.29 Å². The molecule has 2 N–H and O–H groups in total. The first-order chi connectivity index (χ1) is 18.0. The first-order valence-corrected chi connectivity index (χ1v) is 13.0. The Morgan fingerprint density at radius 3 is 2.59 bits per heavy atom. The fraction of sp³-hybridized carbons (Fsp3) is 0.607. The van der Waals surface area contributed by atoms with E-state index in [0.717, 1.165) is 63.1 Å². The number of benzene rings is 1. The fourth-order valence-corrected chi connectivity index (χ4v) is 4.03. The minimum atomic E-state index is -0.412. The third-order valence-corrected chi connectivity index (χ3v) is 6.24. The Hall–Kier alpha value is -2.61. The number of ether oxygens (including phenoxy) is 2. The maximum absolute atomic E-state index is 12.2. The Balaban J connectivity index is 1.76. The number of rotatable bonds is 17. The minimum Gasteiger partial charge on any atom is -0.381 e. The largest absolute Gasteiger partial charge is 0.381 e. The molecule has 1 atom stereocenters. The summed E-state index contributed by atoms with van der Waals surface area (Å²) in [7, 11) is 5.81. The standard InChI is InChI=1S/C28H42N4O5/c1-29-14-7-17-36-18-8-19-37-20-16-31(2)15-5-4-9-23-10-6-11-24(22-33)25(23)21-32(3)26-12-13-27(34)30-28(26)35/h6,10-11,22,26,29H,5,7-8,12-21H2,1-3H3,(H,30,34,35). The topological polar surface area (TPSA) is 100 Å². The van der Waals surface area contributed by atoms with Crippen molar-refractivity contribution in [2.75, 3.05) is 67.2 Å². The zero-order valence-corrected chi connectivity index (χ0v) is 22.5. The highest BCUT2D eigenvalue weighted by atomic mass is 16.5. The highest BCUT2D eigenvalue weighted by Gasteiger charge is 2.30. The van der Waals surface area contributed by atoms with E-state index in [1.54, 1.807) is 6.07 Å². The summed E-state index contributed by atoms with van der Waals surface area (Å²) in [4.78, 5) is 39.4. The Kier molecular flexibility index (Phi) is 14.7. The van der Waals surface area contributed by atoms with Crippen molar-refractivity contribution in [1.82, 2.24) is 20.4 Å². The van der Waals surface area contributed by atoms with Gasteiger partial charge in [-0.05, 0) is 58.6 Å². The summed E-state index contributed by atoms with van der Waals surface area (Å²) in [5.74, 6) is 5.89. The molecule has 1 aliphatic heterocycles. The molecule has 1 saturated heterocycles. The van der Waals surface area contributed by atoms with Crippen molar-refractivity contribution < 1.29 is 23.9 Å². The van der Waals surface area contributed by atoms with Gasteiger partial charge >= 0.3 is 0 Å². The quantitative estimate of drug-likeness (QED) is 0.139. The van der Waals surface area contributed by atoms with Crippen LogP contribution in [0, 0.1) is 11.8 Å². The van der Waals surface area contributed by atoms with Crippen LogP contribution in [0.15, 0.2) is 18.2 Å². The summed E-state index contributed by atoms with van der Waals surface area (Å²) in [6.45, 7) is 5.88. The second-order valence-electron chi connectivity index (χ2n) is 9.26. The molecule has 1 aliphatic rings. The van der Waals surface area contributed by atoms with Gasteiger partial charge in [0.15, 0.2) is 0 Å². The van der Waals surface area contributed by atoms with E-state index in [-0.39, 0.29) is 11.8 Å². The van der Waals surface area contributed by atoms with Gasteiger partial charge in [-0.15, -0.1) is 0 Å². The summed E-state index contributed by atoms with van der Waals surface area (Å²) in [5.41, 5.74) is 2.14. The molecule has 1 aromatic rings. The molecule has 0 aromatic heterocycles. The van der Waals surface area contributed by atoms with Gasteiger partial charge in [0.25, 0.3) is 0 Å². The number of carbonyl (C=O) groups excluding carboxylic acids is 3. The molecule has 2 rings (SSSR count). The second kappa shape index (κ2) is 17.8. The third-order valence-electron chi connectivity index (χ3n) is 6.24. The summed E-state index contributed by atoms with van der Waals surface area (Å²) in [6.07, 6.45) is 4.20. The SMILES string of the molecule is CNCCCOCCCOCCN(C)CCC#Cc1cccc(C=O)c1CN(C)C1CCC(=O)NC1=O. The second-order valence-corrected chi connectivity index (χ2v) is 9.26. The van der Waals surface area contributed by atoms with Crippen LogP contribution in [0.2, 0.25) is 0 Å². The highest BCUT2D eigenvalue weighted by molar-refractivity contribution is 6.00. The lowest BCUT2D eigenvalue weighted by Gasteiger charge is -2.30. The van der Waals surface area contributed by atoms with Crippen LogP contribution in [-0.2, 0) is 25.6 Å². The van der Waals surface area contributed by atoms with Gasteiger partial charge in [-0.3, -0.25) is 24.6 Å². The highest BCUT2D eigenvalue weighted by Crippen LogP contribution is 2.19. The number of amides is 2. The molecular formula is C28H42N4O5. The fourth-order valence-electron chi connectivity index (χ4n) is 4.03. The lowest BCUT2D eigenvalue weighted by atomic mass is 9.99. The van der Waals surface area contributed by atoms with Crippen LogP contribution in [-0.4, -0.2) is 101 Å². The molecule has 9 heteroatoms. The Morgan fingerprint density at radius 2 is 1.86 bits per heavy atom. The van der Waals surface area contributed by atoms with E-state index in [2.05, 4.69) is 27.4 Å². The minimum absolute atomic E-state index is 0.244. The molecule has 1 aromatic carbocycles. The first-order valence-electron chi connectivity index (χ1n) is 13.0. The van der Waals surface area contributed by atoms with Crippen LogP contribution in [0.5, 0.6) is 0 Å². The average Bonchev–Trinajstić information content (AvgIpc) is 2.88.